The van der Waals surface area contributed by atoms with Crippen molar-refractivity contribution in [2.45, 2.75) is 5.79 Å². The van der Waals surface area contributed by atoms with Gasteiger partial charge in [-0.05, 0) is 72.8 Å². The van der Waals surface area contributed by atoms with Crippen molar-refractivity contribution in [3.63, 3.8) is 0 Å². The summed E-state index contributed by atoms with van der Waals surface area (Å²) in [6.07, 6.45) is 0. The number of anilines is 4. The third-order valence-electron chi connectivity index (χ3n) is 6.92. The van der Waals surface area contributed by atoms with Crippen LogP contribution in [0.5, 0.6) is 0 Å². The Labute approximate surface area is 249 Å². The fraction of sp³-hybridized carbons (Fsp3) is 0.212. The van der Waals surface area contributed by atoms with E-state index in [-0.39, 0.29) is 25.0 Å². The van der Waals surface area contributed by atoms with Crippen LogP contribution in [0.3, 0.4) is 0 Å². The van der Waals surface area contributed by atoms with E-state index in [2.05, 4.69) is 21.3 Å². The second kappa shape index (κ2) is 14.0. The maximum absolute atomic E-state index is 12.8. The number of hydrogen-bond donors (Lipinski definition) is 6. The summed E-state index contributed by atoms with van der Waals surface area (Å²) in [5.74, 6) is -1.59. The zero-order chi connectivity index (χ0) is 30.1. The molecule has 1 saturated heterocycles. The smallest absolute Gasteiger partial charge is 0.255 e. The van der Waals surface area contributed by atoms with Crippen molar-refractivity contribution in [2.75, 3.05) is 60.8 Å². The molecule has 4 aromatic rings. The Morgan fingerprint density at radius 2 is 0.907 bits per heavy atom. The van der Waals surface area contributed by atoms with Crippen molar-refractivity contribution >= 4 is 34.6 Å². The molecule has 10 nitrogen and oxygen atoms in total. The molecule has 0 bridgehead atoms. The van der Waals surface area contributed by atoms with E-state index in [1.165, 1.54) is 0 Å². The van der Waals surface area contributed by atoms with Gasteiger partial charge in [0.05, 0.1) is 26.4 Å². The first kappa shape index (κ1) is 29.7. The quantitative estimate of drug-likeness (QED) is 0.146. The van der Waals surface area contributed by atoms with Crippen LogP contribution < -0.4 is 21.3 Å². The Kier molecular flexibility index (Phi) is 9.65. The molecule has 0 aliphatic carbocycles. The minimum atomic E-state index is -1.11. The topological polar surface area (TPSA) is 141 Å². The normalized spacial score (nSPS) is 13.7. The van der Waals surface area contributed by atoms with Gasteiger partial charge in [0, 0.05) is 58.1 Å². The number of aliphatic hydroxyl groups excluding tert-OH is 2. The fourth-order valence-electron chi connectivity index (χ4n) is 4.74. The number of hydrogen-bond acceptors (Lipinski definition) is 8. The van der Waals surface area contributed by atoms with E-state index in [0.29, 0.717) is 48.8 Å². The largest absolute Gasteiger partial charge is 0.395 e. The van der Waals surface area contributed by atoms with Crippen molar-refractivity contribution in [1.82, 2.24) is 0 Å². The van der Waals surface area contributed by atoms with Gasteiger partial charge >= 0.3 is 0 Å². The highest BCUT2D eigenvalue weighted by Gasteiger charge is 2.40. The molecule has 0 spiro atoms. The average molecular weight is 583 g/mol. The summed E-state index contributed by atoms with van der Waals surface area (Å²) in [5.41, 5.74) is 5.46. The molecular weight excluding hydrogens is 548 g/mol. The van der Waals surface area contributed by atoms with E-state index in [9.17, 15) is 9.59 Å². The van der Waals surface area contributed by atoms with Crippen molar-refractivity contribution in [3.8, 4) is 0 Å². The lowest BCUT2D eigenvalue weighted by Crippen LogP contribution is -2.28. The summed E-state index contributed by atoms with van der Waals surface area (Å²) in [4.78, 5) is 25.5. The second-order valence-corrected chi connectivity index (χ2v) is 9.83. The molecule has 2 amide bonds. The Bertz CT molecular complexity index is 1390. The lowest BCUT2D eigenvalue weighted by atomic mass is 9.96. The van der Waals surface area contributed by atoms with Crippen molar-refractivity contribution < 1.29 is 29.3 Å². The molecule has 0 radical (unpaired) electrons. The maximum Gasteiger partial charge on any atom is 0.255 e. The van der Waals surface area contributed by atoms with E-state index >= 15 is 0 Å². The second-order valence-electron chi connectivity index (χ2n) is 9.83. The molecule has 0 aromatic heterocycles. The van der Waals surface area contributed by atoms with Crippen molar-refractivity contribution in [1.29, 1.82) is 0 Å². The molecule has 1 fully saturated rings. The Balaban J connectivity index is 1.24. The van der Waals surface area contributed by atoms with Crippen LogP contribution in [-0.2, 0) is 15.3 Å². The number of benzene rings is 4. The summed E-state index contributed by atoms with van der Waals surface area (Å²) in [5, 5.41) is 29.8. The van der Waals surface area contributed by atoms with Crippen LogP contribution in [0.4, 0.5) is 22.7 Å². The van der Waals surface area contributed by atoms with E-state index < -0.39 is 5.79 Å². The average Bonchev–Trinajstić information content (AvgIpc) is 3.55. The monoisotopic (exact) mass is 582 g/mol. The predicted molar refractivity (Wildman–Crippen MR) is 166 cm³/mol. The molecule has 0 unspecified atom stereocenters. The van der Waals surface area contributed by atoms with Gasteiger partial charge in [0.25, 0.3) is 11.8 Å². The molecular formula is C33H34N4O6. The molecule has 222 valence electrons. The minimum absolute atomic E-state index is 0.0288. The Hall–Kier alpha value is -4.74. The maximum atomic E-state index is 12.8. The van der Waals surface area contributed by atoms with Crippen LogP contribution in [0, 0.1) is 0 Å². The van der Waals surface area contributed by atoms with Gasteiger partial charge < -0.3 is 41.0 Å². The number of carbonyl (C=O) groups is 2. The van der Waals surface area contributed by atoms with E-state index in [0.717, 1.165) is 22.5 Å². The number of amides is 2. The molecule has 1 heterocycles. The lowest BCUT2D eigenvalue weighted by Gasteiger charge is -2.28. The van der Waals surface area contributed by atoms with Crippen molar-refractivity contribution in [2.24, 2.45) is 0 Å². The van der Waals surface area contributed by atoms with Crippen molar-refractivity contribution in [3.05, 3.63) is 119 Å². The molecule has 4 aromatic carbocycles. The van der Waals surface area contributed by atoms with Crippen LogP contribution >= 0.6 is 0 Å². The van der Waals surface area contributed by atoms with Gasteiger partial charge in [-0.3, -0.25) is 9.59 Å². The number of ether oxygens (including phenoxy) is 2. The zero-order valence-corrected chi connectivity index (χ0v) is 23.5. The van der Waals surface area contributed by atoms with Gasteiger partial charge in [-0.1, -0.05) is 24.3 Å². The molecule has 1 aliphatic heterocycles. The summed E-state index contributed by atoms with van der Waals surface area (Å²) in [6, 6.07) is 28.7. The third-order valence-corrected chi connectivity index (χ3v) is 6.92. The highest BCUT2D eigenvalue weighted by atomic mass is 16.7. The molecule has 5 rings (SSSR count). The summed E-state index contributed by atoms with van der Waals surface area (Å²) in [6.45, 7) is 1.78. The van der Waals surface area contributed by atoms with Crippen LogP contribution in [0.2, 0.25) is 0 Å². The van der Waals surface area contributed by atoms with Gasteiger partial charge in [0.15, 0.2) is 0 Å². The summed E-state index contributed by atoms with van der Waals surface area (Å²) >= 11 is 0. The van der Waals surface area contributed by atoms with E-state index in [1.54, 1.807) is 72.8 Å². The van der Waals surface area contributed by atoms with Gasteiger partial charge in [-0.2, -0.15) is 0 Å². The third kappa shape index (κ3) is 7.19. The highest BCUT2D eigenvalue weighted by molar-refractivity contribution is 6.05. The molecule has 10 heteroatoms. The summed E-state index contributed by atoms with van der Waals surface area (Å²) < 4.78 is 12.3. The molecule has 43 heavy (non-hydrogen) atoms. The molecule has 6 N–H and O–H groups in total. The number of nitrogens with one attached hydrogen (secondary N) is 4. The lowest BCUT2D eigenvalue weighted by molar-refractivity contribution is -0.129. The molecule has 1 aliphatic rings. The zero-order valence-electron chi connectivity index (χ0n) is 23.5. The summed E-state index contributed by atoms with van der Waals surface area (Å²) in [7, 11) is 0. The van der Waals surface area contributed by atoms with Gasteiger partial charge in [0.2, 0.25) is 5.79 Å². The van der Waals surface area contributed by atoms with Crippen LogP contribution in [0.15, 0.2) is 97.1 Å². The minimum Gasteiger partial charge on any atom is -0.395 e. The van der Waals surface area contributed by atoms with Gasteiger partial charge in [-0.15, -0.1) is 0 Å². The van der Waals surface area contributed by atoms with Gasteiger partial charge in [-0.25, -0.2) is 0 Å². The SMILES string of the molecule is O=C(Nc1ccc(C2(c3ccc(NC(=O)c4ccc(NCCO)cc4)cc3)OCCO2)cc1)c1ccc(NCCO)cc1. The van der Waals surface area contributed by atoms with E-state index in [1.807, 2.05) is 24.3 Å². The van der Waals surface area contributed by atoms with E-state index in [4.69, 9.17) is 19.7 Å². The molecule has 0 saturated carbocycles. The first-order valence-corrected chi connectivity index (χ1v) is 14.0. The highest BCUT2D eigenvalue weighted by Crippen LogP contribution is 2.39. The van der Waals surface area contributed by atoms with Crippen LogP contribution in [0.1, 0.15) is 31.8 Å². The number of carbonyl (C=O) groups excluding carboxylic acids is 2. The predicted octanol–water partition coefficient (Wildman–Crippen LogP) is 4.25. The Morgan fingerprint density at radius 1 is 0.558 bits per heavy atom. The van der Waals surface area contributed by atoms with Crippen LogP contribution in [-0.4, -0.2) is 61.5 Å². The standard InChI is InChI=1S/C33H34N4O6/c38-19-17-34-27-9-1-23(2-10-27)31(40)36-29-13-5-25(6-14-29)33(42-21-22-43-33)26-7-15-30(16-8-26)37-32(41)24-3-11-28(12-4-24)35-18-20-39/h1-16,34-35,38-39H,17-22H2,(H,36,40)(H,37,41). The van der Waals surface area contributed by atoms with Crippen LogP contribution in [0.25, 0.3) is 0 Å². The van der Waals surface area contributed by atoms with Gasteiger partial charge in [0.1, 0.15) is 0 Å². The first-order valence-electron chi connectivity index (χ1n) is 14.0. The number of aliphatic hydroxyl groups is 2. The molecule has 0 atom stereocenters. The first-order chi connectivity index (χ1) is 21.0. The fourth-order valence-corrected chi connectivity index (χ4v) is 4.74. The number of rotatable bonds is 12. The Morgan fingerprint density at radius 3 is 1.26 bits per heavy atom.